The molecule has 3 unspecified atom stereocenters. The van der Waals surface area contributed by atoms with Crippen LogP contribution in [0.1, 0.15) is 52.6 Å². The molecular formula is C29H33Cl2N7O2. The van der Waals surface area contributed by atoms with Crippen molar-refractivity contribution in [2.24, 2.45) is 22.7 Å². The molecule has 3 aromatic rings. The predicted molar refractivity (Wildman–Crippen MR) is 155 cm³/mol. The number of nitrogens with one attached hydrogen (secondary N) is 1. The highest BCUT2D eigenvalue weighted by atomic mass is 35.5. The number of anilines is 1. The van der Waals surface area contributed by atoms with Crippen LogP contribution in [-0.2, 0) is 9.59 Å². The van der Waals surface area contributed by atoms with Crippen molar-refractivity contribution < 1.29 is 9.59 Å². The summed E-state index contributed by atoms with van der Waals surface area (Å²) in [6.07, 6.45) is 6.60. The lowest BCUT2D eigenvalue weighted by atomic mass is 9.90. The molecule has 0 spiro atoms. The topological polar surface area (TPSA) is 138 Å². The average molecular weight is 583 g/mol. The molecule has 0 bridgehead atoms. The molecule has 3 heterocycles. The molecule has 3 N–H and O–H groups in total. The molecule has 2 amide bonds. The number of piperidine rings is 1. The normalized spacial score (nSPS) is 21.4. The molecule has 4 atom stereocenters. The van der Waals surface area contributed by atoms with Gasteiger partial charge < -0.3 is 16.0 Å². The number of halogens is 2. The van der Waals surface area contributed by atoms with Crippen molar-refractivity contribution >= 4 is 51.6 Å². The molecular weight excluding hydrogens is 549 g/mol. The third kappa shape index (κ3) is 5.98. The Morgan fingerprint density at radius 3 is 2.52 bits per heavy atom. The van der Waals surface area contributed by atoms with Crippen molar-refractivity contribution in [3.8, 4) is 6.07 Å². The highest BCUT2D eigenvalue weighted by Crippen LogP contribution is 2.65. The number of carbonyl (C=O) groups excluding carboxylic acids is 2. The number of nitrogens with two attached hydrogens (primary N) is 1. The van der Waals surface area contributed by atoms with E-state index in [1.807, 2.05) is 32.9 Å². The highest BCUT2D eigenvalue weighted by Gasteiger charge is 2.69. The number of nitriles is 1. The van der Waals surface area contributed by atoms with Crippen LogP contribution in [0.25, 0.3) is 10.8 Å². The first-order chi connectivity index (χ1) is 18.8. The molecule has 1 aromatic carbocycles. The zero-order valence-corrected chi connectivity index (χ0v) is 24.7. The Kier molecular flexibility index (Phi) is 8.25. The summed E-state index contributed by atoms with van der Waals surface area (Å²) in [6, 6.07) is 6.15. The first-order valence-corrected chi connectivity index (χ1v) is 13.8. The molecule has 2 aromatic heterocycles. The maximum atomic E-state index is 13.5. The van der Waals surface area contributed by atoms with Gasteiger partial charge in [0.2, 0.25) is 11.8 Å². The van der Waals surface area contributed by atoms with Crippen molar-refractivity contribution in [1.29, 1.82) is 5.26 Å². The molecule has 1 aliphatic heterocycles. The van der Waals surface area contributed by atoms with Crippen LogP contribution in [0, 0.1) is 34.0 Å². The molecule has 40 heavy (non-hydrogen) atoms. The summed E-state index contributed by atoms with van der Waals surface area (Å²) in [5, 5.41) is 15.1. The number of nitrogen functional groups attached to an aromatic ring is 1. The number of pyridine rings is 1. The minimum atomic E-state index is -0.918. The Morgan fingerprint density at radius 1 is 1.23 bits per heavy atom. The van der Waals surface area contributed by atoms with E-state index in [4.69, 9.17) is 28.9 Å². The van der Waals surface area contributed by atoms with Crippen molar-refractivity contribution in [1.82, 2.24) is 25.2 Å². The van der Waals surface area contributed by atoms with Crippen molar-refractivity contribution in [2.45, 2.75) is 53.1 Å². The summed E-state index contributed by atoms with van der Waals surface area (Å²) in [6.45, 7) is 10.9. The fourth-order valence-electron chi connectivity index (χ4n) is 5.57. The van der Waals surface area contributed by atoms with E-state index >= 15 is 0 Å². The largest absolute Gasteiger partial charge is 0.381 e. The molecule has 5 rings (SSSR count). The molecule has 9 nitrogen and oxygen atoms in total. The maximum Gasteiger partial charge on any atom is 0.244 e. The van der Waals surface area contributed by atoms with Gasteiger partial charge in [0.25, 0.3) is 0 Å². The van der Waals surface area contributed by atoms with Gasteiger partial charge in [-0.1, -0.05) is 70.0 Å². The fourth-order valence-corrected chi connectivity index (χ4v) is 5.97. The summed E-state index contributed by atoms with van der Waals surface area (Å²) in [7, 11) is 0. The van der Waals surface area contributed by atoms with Crippen LogP contribution in [-0.4, -0.2) is 44.3 Å². The summed E-state index contributed by atoms with van der Waals surface area (Å²) in [5.41, 5.74) is 5.61. The van der Waals surface area contributed by atoms with Gasteiger partial charge in [0.15, 0.2) is 11.0 Å². The van der Waals surface area contributed by atoms with E-state index in [2.05, 4.69) is 40.2 Å². The van der Waals surface area contributed by atoms with Gasteiger partial charge in [-0.05, 0) is 28.7 Å². The van der Waals surface area contributed by atoms with Gasteiger partial charge >= 0.3 is 0 Å². The molecule has 210 valence electrons. The van der Waals surface area contributed by atoms with Gasteiger partial charge in [0.05, 0.1) is 6.07 Å². The summed E-state index contributed by atoms with van der Waals surface area (Å²) < 4.78 is 0. The number of amides is 2. The minimum Gasteiger partial charge on any atom is -0.381 e. The number of aromatic nitrogens is 3. The molecule has 2 fully saturated rings. The number of benzene rings is 1. The van der Waals surface area contributed by atoms with Gasteiger partial charge in [-0.15, -0.1) is 0 Å². The summed E-state index contributed by atoms with van der Waals surface area (Å²) >= 11 is 11.8. The molecule has 2 aliphatic rings. The van der Waals surface area contributed by atoms with Crippen LogP contribution in [0.15, 0.2) is 43.0 Å². The smallest absolute Gasteiger partial charge is 0.244 e. The molecule has 1 saturated carbocycles. The van der Waals surface area contributed by atoms with Gasteiger partial charge in [-0.3, -0.25) is 14.6 Å². The Labute approximate surface area is 244 Å². The van der Waals surface area contributed by atoms with Gasteiger partial charge in [0.1, 0.15) is 12.1 Å². The third-order valence-corrected chi connectivity index (χ3v) is 8.25. The van der Waals surface area contributed by atoms with E-state index in [0.29, 0.717) is 34.9 Å². The first kappa shape index (κ1) is 29.5. The predicted octanol–water partition coefficient (Wildman–Crippen LogP) is 5.20. The highest BCUT2D eigenvalue weighted by molar-refractivity contribution is 6.35. The Morgan fingerprint density at radius 2 is 1.93 bits per heavy atom. The van der Waals surface area contributed by atoms with Crippen LogP contribution in [0.2, 0.25) is 10.2 Å². The number of hydrogen-bond acceptors (Lipinski definition) is 7. The SMILES string of the molecule is CC(C)(C)CC(=O)N1CC2C([C@H]1C(=O)NC(C#N)c1cncc3cccc(Cl)c13)C2(C)C.Nc1nccnc1Cl. The third-order valence-electron chi connectivity index (χ3n) is 7.65. The van der Waals surface area contributed by atoms with Crippen LogP contribution in [0.3, 0.4) is 0 Å². The second-order valence-electron chi connectivity index (χ2n) is 12.1. The van der Waals surface area contributed by atoms with E-state index in [9.17, 15) is 14.9 Å². The van der Waals surface area contributed by atoms with Gasteiger partial charge in [0, 0.05) is 59.1 Å². The van der Waals surface area contributed by atoms with E-state index < -0.39 is 12.1 Å². The van der Waals surface area contributed by atoms with E-state index in [0.717, 1.165) is 5.39 Å². The minimum absolute atomic E-state index is 0.00691. The van der Waals surface area contributed by atoms with Crippen LogP contribution < -0.4 is 11.1 Å². The number of rotatable bonds is 4. The molecule has 1 saturated heterocycles. The Bertz CT molecular complexity index is 1450. The van der Waals surface area contributed by atoms with Gasteiger partial charge in [-0.25, -0.2) is 9.97 Å². The maximum absolute atomic E-state index is 13.5. The van der Waals surface area contributed by atoms with Crippen LogP contribution in [0.4, 0.5) is 5.82 Å². The standard InChI is InChI=1S/C25H29ClN4O2.C4H4ClN3/c1-24(2,3)9-19(31)30-13-16-21(25(16,4)5)22(30)23(32)29-18(10-27)15-12-28-11-14-7-6-8-17(26)20(14)15;5-3-4(6)8-2-1-7-3/h6-8,11-12,16,18,21-22H,9,13H2,1-5H3,(H,29,32);1-2H,(H2,6,8)/t16?,18?,21?,22-;/m0./s1. The lowest BCUT2D eigenvalue weighted by Gasteiger charge is -2.32. The second kappa shape index (κ2) is 11.2. The number of nitrogens with zero attached hydrogens (tertiary/aromatic N) is 5. The van der Waals surface area contributed by atoms with Crippen LogP contribution in [0.5, 0.6) is 0 Å². The monoisotopic (exact) mass is 581 g/mol. The number of carbonyl (C=O) groups is 2. The van der Waals surface area contributed by atoms with E-state index in [1.165, 1.54) is 12.4 Å². The van der Waals surface area contributed by atoms with Crippen molar-refractivity contribution in [3.63, 3.8) is 0 Å². The van der Waals surface area contributed by atoms with Crippen LogP contribution >= 0.6 is 23.2 Å². The number of likely N-dealkylation sites (tertiary alicyclic amines) is 1. The molecule has 1 aliphatic carbocycles. The zero-order chi connectivity index (χ0) is 29.4. The van der Waals surface area contributed by atoms with E-state index in [1.54, 1.807) is 23.4 Å². The fraction of sp³-hybridized carbons (Fsp3) is 0.448. The van der Waals surface area contributed by atoms with Gasteiger partial charge in [-0.2, -0.15) is 5.26 Å². The van der Waals surface area contributed by atoms with Crippen molar-refractivity contribution in [2.75, 3.05) is 12.3 Å². The quantitative estimate of drug-likeness (QED) is 0.431. The lowest BCUT2D eigenvalue weighted by Crippen LogP contribution is -2.51. The Balaban J connectivity index is 0.000000398. The number of hydrogen-bond donors (Lipinski definition) is 2. The average Bonchev–Trinajstić information content (AvgIpc) is 3.21. The summed E-state index contributed by atoms with van der Waals surface area (Å²) in [4.78, 5) is 39.8. The number of fused-ring (bicyclic) bond motifs is 2. The molecule has 11 heteroatoms. The van der Waals surface area contributed by atoms with Crippen molar-refractivity contribution in [3.05, 3.63) is 58.7 Å². The Hall–Kier alpha value is -3.48. The van der Waals surface area contributed by atoms with E-state index in [-0.39, 0.29) is 39.5 Å². The lowest BCUT2D eigenvalue weighted by molar-refractivity contribution is -0.141. The second-order valence-corrected chi connectivity index (χ2v) is 12.8. The first-order valence-electron chi connectivity index (χ1n) is 13.0. The zero-order valence-electron chi connectivity index (χ0n) is 23.2. The molecule has 0 radical (unpaired) electrons. The summed E-state index contributed by atoms with van der Waals surface area (Å²) in [5.74, 6) is 0.371.